The molecule has 2 aliphatic rings. The number of carbonyl (C=O) groups is 1. The van der Waals surface area contributed by atoms with Gasteiger partial charge in [-0.15, -0.1) is 0 Å². The molecule has 4 rings (SSSR count). The maximum Gasteiger partial charge on any atom is 0.410 e. The summed E-state index contributed by atoms with van der Waals surface area (Å²) in [6.07, 6.45) is 2.73. The lowest BCUT2D eigenvalue weighted by Gasteiger charge is -2.51. The molecule has 2 aliphatic heterocycles. The number of carbonyl (C=O) groups excluding carboxylic acids is 1. The average molecular weight is 395 g/mol. The number of amides is 1. The van der Waals surface area contributed by atoms with Crippen LogP contribution in [-0.2, 0) is 28.1 Å². The van der Waals surface area contributed by atoms with E-state index in [0.717, 1.165) is 24.0 Å². The van der Waals surface area contributed by atoms with Crippen LogP contribution in [0, 0.1) is 0 Å². The van der Waals surface area contributed by atoms with Crippen LogP contribution in [0.15, 0.2) is 54.6 Å². The van der Waals surface area contributed by atoms with Gasteiger partial charge < -0.3 is 14.6 Å². The van der Waals surface area contributed by atoms with Gasteiger partial charge in [0.1, 0.15) is 6.61 Å². The summed E-state index contributed by atoms with van der Waals surface area (Å²) < 4.78 is 11.3. The molecular formula is C24H29NO4. The Balaban J connectivity index is 1.46. The summed E-state index contributed by atoms with van der Waals surface area (Å²) in [6.45, 7) is 3.26. The van der Waals surface area contributed by atoms with Gasteiger partial charge in [0, 0.05) is 12.8 Å². The molecule has 2 heterocycles. The van der Waals surface area contributed by atoms with Crippen molar-refractivity contribution in [2.75, 3.05) is 13.2 Å². The zero-order valence-corrected chi connectivity index (χ0v) is 16.9. The standard InChI is InChI=1S/C24H29NO4/c1-2-6-18-9-11-20(12-10-18)24(27)13-21-16-28-17-22(14-24)25(21)23(26)29-15-19-7-4-3-5-8-19/h3-5,7-12,21-22,27H,2,6,13-17H2,1H3. The Hall–Kier alpha value is -2.37. The highest BCUT2D eigenvalue weighted by atomic mass is 16.6. The smallest absolute Gasteiger partial charge is 0.410 e. The second-order valence-electron chi connectivity index (χ2n) is 8.18. The van der Waals surface area contributed by atoms with Crippen LogP contribution in [0.1, 0.15) is 42.9 Å². The first-order valence-electron chi connectivity index (χ1n) is 10.5. The molecule has 2 bridgehead atoms. The van der Waals surface area contributed by atoms with Gasteiger partial charge in [-0.3, -0.25) is 4.90 Å². The maximum atomic E-state index is 12.8. The minimum Gasteiger partial charge on any atom is -0.445 e. The molecule has 1 amide bonds. The predicted molar refractivity (Wildman–Crippen MR) is 110 cm³/mol. The van der Waals surface area contributed by atoms with Gasteiger partial charge in [0.05, 0.1) is 30.9 Å². The number of aryl methyl sites for hydroxylation is 1. The zero-order chi connectivity index (χ0) is 20.3. The molecule has 5 heteroatoms. The first-order chi connectivity index (χ1) is 14.1. The summed E-state index contributed by atoms with van der Waals surface area (Å²) in [7, 11) is 0. The fourth-order valence-corrected chi connectivity index (χ4v) is 4.57. The maximum absolute atomic E-state index is 12.8. The van der Waals surface area contributed by atoms with Crippen molar-refractivity contribution < 1.29 is 19.4 Å². The summed E-state index contributed by atoms with van der Waals surface area (Å²) in [5.74, 6) is 0. The number of hydrogen-bond acceptors (Lipinski definition) is 4. The Morgan fingerprint density at radius 2 is 1.72 bits per heavy atom. The van der Waals surface area contributed by atoms with Crippen molar-refractivity contribution in [2.24, 2.45) is 0 Å². The van der Waals surface area contributed by atoms with E-state index in [1.54, 1.807) is 4.90 Å². The van der Waals surface area contributed by atoms with Crippen molar-refractivity contribution in [1.29, 1.82) is 0 Å². The van der Waals surface area contributed by atoms with E-state index in [0.29, 0.717) is 26.1 Å². The number of benzene rings is 2. The number of hydrogen-bond donors (Lipinski definition) is 1. The topological polar surface area (TPSA) is 59.0 Å². The van der Waals surface area contributed by atoms with Crippen molar-refractivity contribution in [3.8, 4) is 0 Å². The van der Waals surface area contributed by atoms with Crippen LogP contribution in [0.25, 0.3) is 0 Å². The van der Waals surface area contributed by atoms with E-state index in [1.165, 1.54) is 5.56 Å². The molecular weight excluding hydrogens is 366 g/mol. The summed E-state index contributed by atoms with van der Waals surface area (Å²) in [5, 5.41) is 11.4. The van der Waals surface area contributed by atoms with Gasteiger partial charge >= 0.3 is 6.09 Å². The number of nitrogens with zero attached hydrogens (tertiary/aromatic N) is 1. The van der Waals surface area contributed by atoms with Crippen LogP contribution in [0.2, 0.25) is 0 Å². The SMILES string of the molecule is CCCc1ccc(C2(O)CC3COCC(C2)N3C(=O)OCc2ccccc2)cc1. The molecule has 0 spiro atoms. The Morgan fingerprint density at radius 3 is 2.34 bits per heavy atom. The highest BCUT2D eigenvalue weighted by molar-refractivity contribution is 5.69. The van der Waals surface area contributed by atoms with Crippen LogP contribution >= 0.6 is 0 Å². The van der Waals surface area contributed by atoms with E-state index in [4.69, 9.17) is 9.47 Å². The molecule has 2 atom stereocenters. The van der Waals surface area contributed by atoms with Crippen LogP contribution in [-0.4, -0.2) is 41.4 Å². The van der Waals surface area contributed by atoms with E-state index in [-0.39, 0.29) is 24.8 Å². The molecule has 0 radical (unpaired) electrons. The summed E-state index contributed by atoms with van der Waals surface area (Å²) >= 11 is 0. The van der Waals surface area contributed by atoms with E-state index >= 15 is 0 Å². The Morgan fingerprint density at radius 1 is 1.07 bits per heavy atom. The van der Waals surface area contributed by atoms with E-state index in [2.05, 4.69) is 19.1 Å². The molecule has 2 aromatic rings. The Bertz CT molecular complexity index is 807. The minimum absolute atomic E-state index is 0.189. The molecule has 2 unspecified atom stereocenters. The quantitative estimate of drug-likeness (QED) is 0.831. The van der Waals surface area contributed by atoms with Crippen LogP contribution in [0.3, 0.4) is 0 Å². The van der Waals surface area contributed by atoms with Gasteiger partial charge in [0.15, 0.2) is 0 Å². The first-order valence-corrected chi connectivity index (χ1v) is 10.5. The predicted octanol–water partition coefficient (Wildman–Crippen LogP) is 4.03. The Labute approximate surface area is 172 Å². The Kier molecular flexibility index (Phi) is 5.88. The molecule has 29 heavy (non-hydrogen) atoms. The molecule has 2 aromatic carbocycles. The van der Waals surface area contributed by atoms with Gasteiger partial charge in [-0.1, -0.05) is 67.9 Å². The molecule has 0 saturated carbocycles. The van der Waals surface area contributed by atoms with E-state index in [1.807, 2.05) is 42.5 Å². The molecule has 0 aliphatic carbocycles. The second kappa shape index (κ2) is 8.56. The molecule has 0 aromatic heterocycles. The summed E-state index contributed by atoms with van der Waals surface area (Å²) in [6, 6.07) is 17.6. The highest BCUT2D eigenvalue weighted by Gasteiger charge is 2.49. The van der Waals surface area contributed by atoms with Gasteiger partial charge in [-0.25, -0.2) is 4.79 Å². The number of piperidine rings is 1. The third-order valence-electron chi connectivity index (χ3n) is 6.00. The fraction of sp³-hybridized carbons (Fsp3) is 0.458. The molecule has 154 valence electrons. The van der Waals surface area contributed by atoms with Crippen molar-refractivity contribution in [3.05, 3.63) is 71.3 Å². The number of rotatable bonds is 5. The normalized spacial score (nSPS) is 26.2. The lowest BCUT2D eigenvalue weighted by Crippen LogP contribution is -2.62. The highest BCUT2D eigenvalue weighted by Crippen LogP contribution is 2.41. The summed E-state index contributed by atoms with van der Waals surface area (Å²) in [4.78, 5) is 14.6. The van der Waals surface area contributed by atoms with Crippen LogP contribution in [0.4, 0.5) is 4.79 Å². The fourth-order valence-electron chi connectivity index (χ4n) is 4.57. The largest absolute Gasteiger partial charge is 0.445 e. The first kappa shape index (κ1) is 19.9. The van der Waals surface area contributed by atoms with Gasteiger partial charge in [-0.05, 0) is 23.1 Å². The minimum atomic E-state index is -0.944. The van der Waals surface area contributed by atoms with Gasteiger partial charge in [0.2, 0.25) is 0 Å². The van der Waals surface area contributed by atoms with E-state index < -0.39 is 5.60 Å². The van der Waals surface area contributed by atoms with Crippen LogP contribution < -0.4 is 0 Å². The number of morpholine rings is 1. The van der Waals surface area contributed by atoms with Crippen molar-refractivity contribution in [1.82, 2.24) is 4.90 Å². The van der Waals surface area contributed by atoms with Crippen LogP contribution in [0.5, 0.6) is 0 Å². The number of ether oxygens (including phenoxy) is 2. The third-order valence-corrected chi connectivity index (χ3v) is 6.00. The van der Waals surface area contributed by atoms with E-state index in [9.17, 15) is 9.90 Å². The monoisotopic (exact) mass is 395 g/mol. The molecule has 2 saturated heterocycles. The van der Waals surface area contributed by atoms with Gasteiger partial charge in [0.25, 0.3) is 0 Å². The average Bonchev–Trinajstić information content (AvgIpc) is 2.73. The third kappa shape index (κ3) is 4.31. The molecule has 1 N–H and O–H groups in total. The molecule has 5 nitrogen and oxygen atoms in total. The lowest BCUT2D eigenvalue weighted by molar-refractivity contribution is -0.136. The van der Waals surface area contributed by atoms with Gasteiger partial charge in [-0.2, -0.15) is 0 Å². The summed E-state index contributed by atoms with van der Waals surface area (Å²) in [5.41, 5.74) is 2.22. The number of aliphatic hydroxyl groups is 1. The molecule has 2 fully saturated rings. The van der Waals surface area contributed by atoms with Crippen molar-refractivity contribution in [3.63, 3.8) is 0 Å². The lowest BCUT2D eigenvalue weighted by atomic mass is 9.77. The second-order valence-corrected chi connectivity index (χ2v) is 8.18. The zero-order valence-electron chi connectivity index (χ0n) is 16.9. The van der Waals surface area contributed by atoms with Crippen molar-refractivity contribution >= 4 is 6.09 Å². The number of fused-ring (bicyclic) bond motifs is 2. The van der Waals surface area contributed by atoms with Crippen molar-refractivity contribution in [2.45, 2.75) is 56.9 Å².